The maximum absolute atomic E-state index is 11.7. The summed E-state index contributed by atoms with van der Waals surface area (Å²) in [5.74, 6) is 0.153. The second kappa shape index (κ2) is 10.6. The van der Waals surface area contributed by atoms with Gasteiger partial charge in [-0.1, -0.05) is 0 Å². The van der Waals surface area contributed by atoms with Crippen molar-refractivity contribution in [3.63, 3.8) is 0 Å². The molecule has 0 aliphatic rings. The third kappa shape index (κ3) is 6.38. The van der Waals surface area contributed by atoms with E-state index in [-0.39, 0.29) is 42.6 Å². The molecule has 1 rings (SSSR count). The predicted octanol–water partition coefficient (Wildman–Crippen LogP) is 3.40. The third-order valence-electron chi connectivity index (χ3n) is 2.84. The summed E-state index contributed by atoms with van der Waals surface area (Å²) in [6.07, 6.45) is -2.14. The Bertz CT molecular complexity index is 608. The highest BCUT2D eigenvalue weighted by atomic mass is 16.6. The largest absolute Gasteiger partial charge is 0.492 e. The van der Waals surface area contributed by atoms with Crippen molar-refractivity contribution < 1.29 is 33.3 Å². The molecule has 0 aliphatic carbocycles. The Balaban J connectivity index is 3.23. The van der Waals surface area contributed by atoms with Crippen molar-refractivity contribution in [2.24, 2.45) is 0 Å². The topological polar surface area (TPSA) is 124 Å². The quantitative estimate of drug-likeness (QED) is 0.629. The van der Waals surface area contributed by atoms with E-state index in [1.165, 1.54) is 19.2 Å². The highest BCUT2D eigenvalue weighted by molar-refractivity contribution is 5.97. The van der Waals surface area contributed by atoms with Gasteiger partial charge in [-0.15, -0.1) is 0 Å². The Morgan fingerprint density at radius 2 is 1.15 bits per heavy atom. The lowest BCUT2D eigenvalue weighted by Gasteiger charge is -2.17. The number of carbonyl (C=O) groups is 3. The number of carbonyl (C=O) groups excluding carboxylic acids is 3. The second-order valence-corrected chi connectivity index (χ2v) is 4.64. The molecule has 0 bridgehead atoms. The van der Waals surface area contributed by atoms with E-state index in [4.69, 9.17) is 18.9 Å². The summed E-state index contributed by atoms with van der Waals surface area (Å²) >= 11 is 0. The van der Waals surface area contributed by atoms with Gasteiger partial charge in [0.05, 0.1) is 38.3 Å². The average molecular weight is 369 g/mol. The van der Waals surface area contributed by atoms with Crippen LogP contribution in [0.3, 0.4) is 0 Å². The Morgan fingerprint density at radius 3 is 1.50 bits per heavy atom. The number of hydrogen-bond donors (Lipinski definition) is 3. The van der Waals surface area contributed by atoms with Gasteiger partial charge < -0.3 is 18.9 Å². The van der Waals surface area contributed by atoms with E-state index in [2.05, 4.69) is 16.0 Å². The van der Waals surface area contributed by atoms with Crippen LogP contribution in [0, 0.1) is 0 Å². The van der Waals surface area contributed by atoms with Crippen LogP contribution >= 0.6 is 0 Å². The van der Waals surface area contributed by atoms with Crippen LogP contribution in [0.25, 0.3) is 0 Å². The fourth-order valence-corrected chi connectivity index (χ4v) is 1.95. The molecule has 1 aromatic rings. The number of amides is 3. The number of methoxy groups -OCH3 is 1. The molecule has 0 aliphatic heterocycles. The molecule has 0 heterocycles. The predicted molar refractivity (Wildman–Crippen MR) is 94.9 cm³/mol. The van der Waals surface area contributed by atoms with Gasteiger partial charge >= 0.3 is 18.3 Å². The highest BCUT2D eigenvalue weighted by Crippen LogP contribution is 2.37. The first-order valence-electron chi connectivity index (χ1n) is 7.98. The molecule has 0 atom stereocenters. The first kappa shape index (κ1) is 20.9. The molecule has 0 aromatic heterocycles. The summed E-state index contributed by atoms with van der Waals surface area (Å²) < 4.78 is 19.7. The van der Waals surface area contributed by atoms with Crippen LogP contribution in [-0.2, 0) is 14.2 Å². The van der Waals surface area contributed by atoms with E-state index in [9.17, 15) is 14.4 Å². The first-order chi connectivity index (χ1) is 12.4. The molecule has 10 heteroatoms. The number of nitrogens with one attached hydrogen (secondary N) is 3. The zero-order valence-corrected chi connectivity index (χ0v) is 15.1. The lowest BCUT2D eigenvalue weighted by atomic mass is 10.2. The van der Waals surface area contributed by atoms with Gasteiger partial charge in [0.25, 0.3) is 0 Å². The van der Waals surface area contributed by atoms with Crippen molar-refractivity contribution in [3.05, 3.63) is 12.1 Å². The molecular formula is C16H23N3O7. The van der Waals surface area contributed by atoms with Gasteiger partial charge in [-0.05, 0) is 32.9 Å². The van der Waals surface area contributed by atoms with Gasteiger partial charge in [-0.2, -0.15) is 0 Å². The molecule has 0 spiro atoms. The van der Waals surface area contributed by atoms with E-state index < -0.39 is 18.3 Å². The standard InChI is InChI=1S/C16H23N3O7/c1-5-24-14(20)17-10-8-11(18-15(21)25-6-2)13(23-4)12(9-10)19-16(22)26-7-3/h8-9H,5-7H2,1-4H3,(H,17,20)(H,18,21)(H,19,22). The maximum Gasteiger partial charge on any atom is 0.411 e. The normalized spacial score (nSPS) is 9.69. The smallest absolute Gasteiger partial charge is 0.411 e. The minimum atomic E-state index is -0.721. The monoisotopic (exact) mass is 369 g/mol. The van der Waals surface area contributed by atoms with E-state index in [1.54, 1.807) is 20.8 Å². The van der Waals surface area contributed by atoms with E-state index in [0.717, 1.165) is 0 Å². The molecule has 1 aromatic carbocycles. The highest BCUT2D eigenvalue weighted by Gasteiger charge is 2.18. The lowest BCUT2D eigenvalue weighted by molar-refractivity contribution is 0.167. The minimum Gasteiger partial charge on any atom is -0.492 e. The van der Waals surface area contributed by atoms with Crippen LogP contribution in [-0.4, -0.2) is 45.2 Å². The zero-order valence-electron chi connectivity index (χ0n) is 15.1. The van der Waals surface area contributed by atoms with Gasteiger partial charge in [-0.3, -0.25) is 16.0 Å². The summed E-state index contributed by atoms with van der Waals surface area (Å²) in [6, 6.07) is 2.87. The van der Waals surface area contributed by atoms with Crippen LogP contribution in [0.2, 0.25) is 0 Å². The van der Waals surface area contributed by atoms with Crippen LogP contribution in [0.4, 0.5) is 31.4 Å². The van der Waals surface area contributed by atoms with Gasteiger partial charge in [0.2, 0.25) is 0 Å². The lowest BCUT2D eigenvalue weighted by Crippen LogP contribution is -2.18. The summed E-state index contributed by atoms with van der Waals surface area (Å²) in [7, 11) is 1.36. The van der Waals surface area contributed by atoms with Crippen LogP contribution in [0.15, 0.2) is 12.1 Å². The Morgan fingerprint density at radius 1 is 0.769 bits per heavy atom. The van der Waals surface area contributed by atoms with Gasteiger partial charge in [0.1, 0.15) is 0 Å². The molecule has 0 radical (unpaired) electrons. The molecule has 0 saturated heterocycles. The van der Waals surface area contributed by atoms with Crippen LogP contribution in [0.1, 0.15) is 20.8 Å². The van der Waals surface area contributed by atoms with Crippen molar-refractivity contribution in [1.29, 1.82) is 0 Å². The number of hydrogen-bond acceptors (Lipinski definition) is 7. The molecule has 144 valence electrons. The molecule has 0 saturated carbocycles. The number of rotatable bonds is 7. The van der Waals surface area contributed by atoms with Gasteiger partial charge in [0.15, 0.2) is 5.75 Å². The SMILES string of the molecule is CCOC(=O)Nc1cc(NC(=O)OCC)c(OC)c(NC(=O)OCC)c1. The molecule has 0 unspecified atom stereocenters. The fraction of sp³-hybridized carbons (Fsp3) is 0.438. The summed E-state index contributed by atoms with van der Waals surface area (Å²) in [5, 5.41) is 7.45. The summed E-state index contributed by atoms with van der Waals surface area (Å²) in [4.78, 5) is 35.1. The maximum atomic E-state index is 11.7. The van der Waals surface area contributed by atoms with Crippen molar-refractivity contribution in [3.8, 4) is 5.75 Å². The Hall–Kier alpha value is -3.17. The molecule has 26 heavy (non-hydrogen) atoms. The first-order valence-corrected chi connectivity index (χ1v) is 7.98. The van der Waals surface area contributed by atoms with Crippen molar-refractivity contribution in [1.82, 2.24) is 0 Å². The Labute approximate surface area is 151 Å². The van der Waals surface area contributed by atoms with Crippen molar-refractivity contribution >= 4 is 35.3 Å². The molecule has 10 nitrogen and oxygen atoms in total. The Kier molecular flexibility index (Phi) is 8.55. The average Bonchev–Trinajstić information content (AvgIpc) is 2.55. The fourth-order valence-electron chi connectivity index (χ4n) is 1.95. The molecule has 3 amide bonds. The second-order valence-electron chi connectivity index (χ2n) is 4.64. The van der Waals surface area contributed by atoms with E-state index in [0.29, 0.717) is 0 Å². The van der Waals surface area contributed by atoms with Crippen molar-refractivity contribution in [2.45, 2.75) is 20.8 Å². The third-order valence-corrected chi connectivity index (χ3v) is 2.84. The number of ether oxygens (including phenoxy) is 4. The van der Waals surface area contributed by atoms with Gasteiger partial charge in [-0.25, -0.2) is 14.4 Å². The minimum absolute atomic E-state index is 0.153. The molecular weight excluding hydrogens is 346 g/mol. The number of benzene rings is 1. The summed E-state index contributed by atoms with van der Waals surface area (Å²) in [5.41, 5.74) is 0.599. The van der Waals surface area contributed by atoms with Crippen LogP contribution < -0.4 is 20.7 Å². The van der Waals surface area contributed by atoms with E-state index in [1.807, 2.05) is 0 Å². The molecule has 0 fully saturated rings. The molecule has 3 N–H and O–H groups in total. The zero-order chi connectivity index (χ0) is 19.5. The summed E-state index contributed by atoms with van der Waals surface area (Å²) in [6.45, 7) is 5.50. The number of anilines is 3. The van der Waals surface area contributed by atoms with Gasteiger partial charge in [0, 0.05) is 5.69 Å². The van der Waals surface area contributed by atoms with E-state index >= 15 is 0 Å². The van der Waals surface area contributed by atoms with Crippen LogP contribution in [0.5, 0.6) is 5.75 Å². The van der Waals surface area contributed by atoms with Crippen molar-refractivity contribution in [2.75, 3.05) is 42.9 Å².